The lowest BCUT2D eigenvalue weighted by molar-refractivity contribution is -0.128. The number of hydrogen-bond acceptors (Lipinski definition) is 9. The number of aliphatic hydroxyl groups is 2. The molecule has 0 spiro atoms. The van der Waals surface area contributed by atoms with Gasteiger partial charge in [-0.1, -0.05) is 39.8 Å². The Bertz CT molecular complexity index is 1280. The summed E-state index contributed by atoms with van der Waals surface area (Å²) >= 11 is 0. The van der Waals surface area contributed by atoms with Gasteiger partial charge in [-0.15, -0.1) is 0 Å². The van der Waals surface area contributed by atoms with E-state index in [9.17, 15) is 15.0 Å². The Labute approximate surface area is 228 Å². The van der Waals surface area contributed by atoms with E-state index in [0.29, 0.717) is 43.8 Å². The molecule has 2 aromatic heterocycles. The first-order valence-corrected chi connectivity index (χ1v) is 13.3. The molecule has 0 aliphatic carbocycles. The number of anilines is 2. The molecule has 1 aliphatic heterocycles. The smallest absolute Gasteiger partial charge is 0.319 e. The molecule has 3 aromatic rings. The molecule has 6 N–H and O–H groups in total. The minimum absolute atomic E-state index is 0.0551. The van der Waals surface area contributed by atoms with E-state index in [-0.39, 0.29) is 17.3 Å². The Hall–Kier alpha value is -3.32. The molecule has 212 valence electrons. The molecule has 39 heavy (non-hydrogen) atoms. The lowest BCUT2D eigenvalue weighted by Crippen LogP contribution is -2.43. The Morgan fingerprint density at radius 2 is 1.92 bits per heavy atom. The third kappa shape index (κ3) is 6.14. The number of likely N-dealkylation sites (N-methyl/N-ethyl adjacent to an activating group) is 1. The van der Waals surface area contributed by atoms with E-state index in [1.165, 1.54) is 18.2 Å². The number of aliphatic hydroxyl groups excluding tert-OH is 2. The highest BCUT2D eigenvalue weighted by molar-refractivity contribution is 5.89. The molecule has 4 rings (SSSR count). The maximum absolute atomic E-state index is 12.3. The molecule has 1 aliphatic rings. The summed E-state index contributed by atoms with van der Waals surface area (Å²) in [5, 5.41) is 27.6. The zero-order valence-electron chi connectivity index (χ0n) is 23.3. The molecule has 4 atom stereocenters. The third-order valence-corrected chi connectivity index (χ3v) is 7.31. The van der Waals surface area contributed by atoms with Crippen LogP contribution in [0.3, 0.4) is 0 Å². The molecule has 1 saturated heterocycles. The maximum Gasteiger partial charge on any atom is 0.319 e. The van der Waals surface area contributed by atoms with Crippen molar-refractivity contribution in [3.63, 3.8) is 0 Å². The quantitative estimate of drug-likeness (QED) is 0.256. The number of hydrogen-bond donors (Lipinski definition) is 5. The minimum Gasteiger partial charge on any atom is -0.387 e. The van der Waals surface area contributed by atoms with Crippen LogP contribution >= 0.6 is 0 Å². The third-order valence-electron chi connectivity index (χ3n) is 7.31. The van der Waals surface area contributed by atoms with Gasteiger partial charge in [0.1, 0.15) is 30.2 Å². The highest BCUT2D eigenvalue weighted by atomic mass is 16.6. The van der Waals surface area contributed by atoms with Crippen molar-refractivity contribution in [1.82, 2.24) is 29.7 Å². The van der Waals surface area contributed by atoms with E-state index in [0.717, 1.165) is 5.69 Å². The second kappa shape index (κ2) is 11.4. The number of fused-ring (bicyclic) bond motifs is 1. The first-order chi connectivity index (χ1) is 18.4. The SMILES string of the molecule is CCN(CCCNC(=O)Nc1ccc(C(C)(C)C)cc1)CC1OC(C)(n2cnc3c(N)ncnc32)C(O)C1O. The maximum atomic E-state index is 12.3. The summed E-state index contributed by atoms with van der Waals surface area (Å²) in [5.41, 5.74) is 7.43. The van der Waals surface area contributed by atoms with Crippen LogP contribution in [-0.2, 0) is 15.9 Å². The van der Waals surface area contributed by atoms with E-state index < -0.39 is 24.0 Å². The topological polar surface area (TPSA) is 164 Å². The van der Waals surface area contributed by atoms with Crippen LogP contribution in [0.1, 0.15) is 46.6 Å². The Morgan fingerprint density at radius 3 is 2.59 bits per heavy atom. The van der Waals surface area contributed by atoms with Crippen molar-refractivity contribution >= 4 is 28.7 Å². The molecule has 0 bridgehead atoms. The molecule has 0 saturated carbocycles. The molecule has 3 heterocycles. The van der Waals surface area contributed by atoms with Gasteiger partial charge in [0.25, 0.3) is 0 Å². The van der Waals surface area contributed by atoms with Gasteiger partial charge in [-0.25, -0.2) is 19.7 Å². The summed E-state index contributed by atoms with van der Waals surface area (Å²) in [6, 6.07) is 7.60. The summed E-state index contributed by atoms with van der Waals surface area (Å²) in [5.74, 6) is 0.227. The van der Waals surface area contributed by atoms with Gasteiger partial charge in [-0.3, -0.25) is 4.57 Å². The zero-order chi connectivity index (χ0) is 28.4. The van der Waals surface area contributed by atoms with Gasteiger partial charge >= 0.3 is 6.03 Å². The number of imidazole rings is 1. The fourth-order valence-corrected chi connectivity index (χ4v) is 4.85. The number of aromatic nitrogens is 4. The van der Waals surface area contributed by atoms with Crippen LogP contribution in [0.4, 0.5) is 16.3 Å². The number of rotatable bonds is 9. The van der Waals surface area contributed by atoms with Crippen LogP contribution in [-0.4, -0.2) is 85.2 Å². The normalized spacial score (nSPS) is 23.4. The lowest BCUT2D eigenvalue weighted by Gasteiger charge is -2.30. The summed E-state index contributed by atoms with van der Waals surface area (Å²) in [6.07, 6.45) is 0.543. The fourth-order valence-electron chi connectivity index (χ4n) is 4.85. The number of ether oxygens (including phenoxy) is 1. The minimum atomic E-state index is -1.29. The number of amides is 2. The van der Waals surface area contributed by atoms with E-state index in [1.54, 1.807) is 11.5 Å². The predicted octanol–water partition coefficient (Wildman–Crippen LogP) is 2.03. The molecule has 1 aromatic carbocycles. The van der Waals surface area contributed by atoms with Crippen molar-refractivity contribution in [3.05, 3.63) is 42.5 Å². The molecular formula is C27H40N8O4. The summed E-state index contributed by atoms with van der Waals surface area (Å²) in [4.78, 5) is 26.9. The van der Waals surface area contributed by atoms with E-state index in [4.69, 9.17) is 10.5 Å². The van der Waals surface area contributed by atoms with Gasteiger partial charge in [-0.05, 0) is 49.5 Å². The van der Waals surface area contributed by atoms with Gasteiger partial charge in [-0.2, -0.15) is 0 Å². The standard InChI is InChI=1S/C27H40N8O4/c1-6-34(13-7-12-29-25(38)33-18-10-8-17(9-11-18)26(2,3)4)14-19-21(36)22(37)27(5,39-19)35-16-32-20-23(28)30-15-31-24(20)35/h8-11,15-16,19,21-22,36-37H,6-7,12-14H2,1-5H3,(H2,28,30,31)(H2,29,33,38). The fraction of sp³-hybridized carbons (Fsp3) is 0.556. The van der Waals surface area contributed by atoms with Crippen LogP contribution < -0.4 is 16.4 Å². The average molecular weight is 541 g/mol. The Kier molecular flexibility index (Phi) is 8.40. The second-order valence-corrected chi connectivity index (χ2v) is 11.1. The first kappa shape index (κ1) is 28.7. The molecule has 0 radical (unpaired) electrons. The number of nitrogen functional groups attached to an aromatic ring is 1. The van der Waals surface area contributed by atoms with E-state index in [2.05, 4.69) is 51.3 Å². The molecule has 1 fully saturated rings. The summed E-state index contributed by atoms with van der Waals surface area (Å²) in [6.45, 7) is 12.4. The Balaban J connectivity index is 1.28. The number of carbonyl (C=O) groups is 1. The van der Waals surface area contributed by atoms with Crippen LogP contribution in [0.5, 0.6) is 0 Å². The summed E-state index contributed by atoms with van der Waals surface area (Å²) < 4.78 is 7.83. The van der Waals surface area contributed by atoms with Crippen LogP contribution in [0.25, 0.3) is 11.2 Å². The number of carbonyl (C=O) groups excluding carboxylic acids is 1. The van der Waals surface area contributed by atoms with Gasteiger partial charge in [0.15, 0.2) is 17.2 Å². The van der Waals surface area contributed by atoms with E-state index >= 15 is 0 Å². The van der Waals surface area contributed by atoms with Gasteiger partial charge in [0.2, 0.25) is 0 Å². The largest absolute Gasteiger partial charge is 0.387 e. The second-order valence-electron chi connectivity index (χ2n) is 11.1. The number of nitrogens with one attached hydrogen (secondary N) is 2. The highest BCUT2D eigenvalue weighted by Gasteiger charge is 2.53. The van der Waals surface area contributed by atoms with E-state index in [1.807, 2.05) is 31.2 Å². The molecule has 12 nitrogen and oxygen atoms in total. The molecule has 4 unspecified atom stereocenters. The predicted molar refractivity (Wildman–Crippen MR) is 149 cm³/mol. The molecule has 12 heteroatoms. The van der Waals surface area contributed by atoms with Crippen molar-refractivity contribution in [2.45, 2.75) is 70.5 Å². The number of benzene rings is 1. The first-order valence-electron chi connectivity index (χ1n) is 13.3. The van der Waals surface area contributed by atoms with Crippen molar-refractivity contribution in [2.24, 2.45) is 0 Å². The number of nitrogens with two attached hydrogens (primary N) is 1. The van der Waals surface area contributed by atoms with Gasteiger partial charge < -0.3 is 36.2 Å². The van der Waals surface area contributed by atoms with Crippen LogP contribution in [0.15, 0.2) is 36.9 Å². The monoisotopic (exact) mass is 540 g/mol. The van der Waals surface area contributed by atoms with Gasteiger partial charge in [0.05, 0.1) is 6.33 Å². The number of urea groups is 1. The van der Waals surface area contributed by atoms with Crippen LogP contribution in [0, 0.1) is 0 Å². The average Bonchev–Trinajstić information content (AvgIpc) is 3.43. The van der Waals surface area contributed by atoms with Crippen molar-refractivity contribution in [2.75, 3.05) is 37.2 Å². The van der Waals surface area contributed by atoms with Crippen molar-refractivity contribution in [3.8, 4) is 0 Å². The van der Waals surface area contributed by atoms with Crippen molar-refractivity contribution < 1.29 is 19.7 Å². The van der Waals surface area contributed by atoms with Gasteiger partial charge in [0, 0.05) is 18.8 Å². The Morgan fingerprint density at radius 1 is 1.21 bits per heavy atom. The molecule has 2 amide bonds. The number of nitrogens with zero attached hydrogens (tertiary/aromatic N) is 5. The molecular weight excluding hydrogens is 500 g/mol. The van der Waals surface area contributed by atoms with Crippen LogP contribution in [0.2, 0.25) is 0 Å². The zero-order valence-corrected chi connectivity index (χ0v) is 23.3. The summed E-state index contributed by atoms with van der Waals surface area (Å²) in [7, 11) is 0. The van der Waals surface area contributed by atoms with Crippen molar-refractivity contribution in [1.29, 1.82) is 0 Å². The lowest BCUT2D eigenvalue weighted by atomic mass is 9.87. The highest BCUT2D eigenvalue weighted by Crippen LogP contribution is 2.37.